The third-order valence-electron chi connectivity index (χ3n) is 3.69. The first-order valence-electron chi connectivity index (χ1n) is 7.43. The van der Waals surface area contributed by atoms with Crippen molar-refractivity contribution < 1.29 is 8.42 Å². The average molecular weight is 375 g/mol. The number of hydrogen-bond acceptors (Lipinski definition) is 3. The van der Waals surface area contributed by atoms with Crippen molar-refractivity contribution in [3.8, 4) is 0 Å². The minimum absolute atomic E-state index is 0.339. The zero-order valence-electron chi connectivity index (χ0n) is 12.6. The summed E-state index contributed by atoms with van der Waals surface area (Å²) in [6.45, 7) is 6.01. The summed E-state index contributed by atoms with van der Waals surface area (Å²) < 4.78 is 28.3. The molecule has 0 aliphatic heterocycles. The molecule has 1 aromatic carbocycles. The molecule has 1 fully saturated rings. The maximum absolute atomic E-state index is 12.5. The molecule has 0 unspecified atom stereocenters. The highest BCUT2D eigenvalue weighted by atomic mass is 79.9. The van der Waals surface area contributed by atoms with Gasteiger partial charge in [-0.05, 0) is 58.9 Å². The van der Waals surface area contributed by atoms with Crippen LogP contribution in [0.1, 0.15) is 37.3 Å². The third kappa shape index (κ3) is 4.77. The molecular weight excluding hydrogens is 352 g/mol. The standard InChI is InChI=1S/C15H23BrN2O2S/c1-3-17-10-13-8-11(2)15(16)14(9-13)21(19,20)18-7-6-12-4-5-12/h8-9,12,17-18H,3-7,10H2,1-2H3. The zero-order chi connectivity index (χ0) is 15.5. The Labute approximate surface area is 135 Å². The van der Waals surface area contributed by atoms with Crippen molar-refractivity contribution in [2.24, 2.45) is 5.92 Å². The number of halogens is 1. The van der Waals surface area contributed by atoms with Crippen LogP contribution in [0.4, 0.5) is 0 Å². The Morgan fingerprint density at radius 3 is 2.67 bits per heavy atom. The lowest BCUT2D eigenvalue weighted by atomic mass is 10.1. The molecule has 0 aromatic heterocycles. The minimum Gasteiger partial charge on any atom is -0.313 e. The molecule has 0 bridgehead atoms. The Balaban J connectivity index is 2.16. The van der Waals surface area contributed by atoms with Crippen LogP contribution in [0, 0.1) is 12.8 Å². The highest BCUT2D eigenvalue weighted by Crippen LogP contribution is 2.32. The van der Waals surface area contributed by atoms with Crippen LogP contribution in [0.2, 0.25) is 0 Å². The van der Waals surface area contributed by atoms with E-state index in [1.54, 1.807) is 6.07 Å². The second-order valence-electron chi connectivity index (χ2n) is 5.63. The fourth-order valence-corrected chi connectivity index (χ4v) is 4.37. The SMILES string of the molecule is CCNCc1cc(C)c(Br)c(S(=O)(=O)NCCC2CC2)c1. The molecule has 0 heterocycles. The summed E-state index contributed by atoms with van der Waals surface area (Å²) in [6, 6.07) is 3.76. The van der Waals surface area contributed by atoms with Gasteiger partial charge in [-0.15, -0.1) is 0 Å². The van der Waals surface area contributed by atoms with Gasteiger partial charge in [-0.1, -0.05) is 25.8 Å². The quantitative estimate of drug-likeness (QED) is 0.735. The van der Waals surface area contributed by atoms with Crippen LogP contribution in [0.3, 0.4) is 0 Å². The average Bonchev–Trinajstić information content (AvgIpc) is 3.23. The molecule has 6 heteroatoms. The van der Waals surface area contributed by atoms with Gasteiger partial charge < -0.3 is 5.32 Å². The number of sulfonamides is 1. The van der Waals surface area contributed by atoms with Gasteiger partial charge in [0.1, 0.15) is 0 Å². The zero-order valence-corrected chi connectivity index (χ0v) is 15.0. The Morgan fingerprint density at radius 1 is 1.33 bits per heavy atom. The number of nitrogens with one attached hydrogen (secondary N) is 2. The summed E-state index contributed by atoms with van der Waals surface area (Å²) >= 11 is 3.41. The van der Waals surface area contributed by atoms with Gasteiger partial charge in [-0.3, -0.25) is 0 Å². The summed E-state index contributed by atoms with van der Waals surface area (Å²) in [5.41, 5.74) is 1.92. The molecule has 2 N–H and O–H groups in total. The van der Waals surface area contributed by atoms with Crippen LogP contribution in [0.25, 0.3) is 0 Å². The van der Waals surface area contributed by atoms with Gasteiger partial charge >= 0.3 is 0 Å². The molecule has 21 heavy (non-hydrogen) atoms. The lowest BCUT2D eigenvalue weighted by molar-refractivity contribution is 0.574. The van der Waals surface area contributed by atoms with Gasteiger partial charge in [0.05, 0.1) is 4.90 Å². The van der Waals surface area contributed by atoms with Crippen LogP contribution < -0.4 is 10.0 Å². The number of benzene rings is 1. The smallest absolute Gasteiger partial charge is 0.241 e. The van der Waals surface area contributed by atoms with Crippen molar-refractivity contribution in [1.29, 1.82) is 0 Å². The van der Waals surface area contributed by atoms with E-state index in [2.05, 4.69) is 26.0 Å². The summed E-state index contributed by atoms with van der Waals surface area (Å²) in [5.74, 6) is 0.720. The Hall–Kier alpha value is -0.430. The first-order valence-corrected chi connectivity index (χ1v) is 9.71. The summed E-state index contributed by atoms with van der Waals surface area (Å²) in [5, 5.41) is 3.23. The van der Waals surface area contributed by atoms with Crippen LogP contribution in [-0.2, 0) is 16.6 Å². The molecule has 4 nitrogen and oxygen atoms in total. The molecule has 0 atom stereocenters. The molecule has 0 saturated heterocycles. The molecule has 118 valence electrons. The van der Waals surface area contributed by atoms with Gasteiger partial charge in [0, 0.05) is 17.6 Å². The number of rotatable bonds is 8. The van der Waals surface area contributed by atoms with E-state index in [-0.39, 0.29) is 0 Å². The summed E-state index contributed by atoms with van der Waals surface area (Å²) in [4.78, 5) is 0.339. The van der Waals surface area contributed by atoms with Crippen LogP contribution >= 0.6 is 15.9 Å². The normalized spacial score (nSPS) is 15.4. The molecular formula is C15H23BrN2O2S. The van der Waals surface area contributed by atoms with Gasteiger partial charge in [-0.2, -0.15) is 0 Å². The fraction of sp³-hybridized carbons (Fsp3) is 0.600. The highest BCUT2D eigenvalue weighted by molar-refractivity contribution is 9.10. The van der Waals surface area contributed by atoms with Crippen LogP contribution in [0.15, 0.2) is 21.5 Å². The van der Waals surface area contributed by atoms with Crippen LogP contribution in [0.5, 0.6) is 0 Å². The molecule has 2 rings (SSSR count). The lowest BCUT2D eigenvalue weighted by Crippen LogP contribution is -2.26. The van der Waals surface area contributed by atoms with Gasteiger partial charge in [-0.25, -0.2) is 13.1 Å². The van der Waals surface area contributed by atoms with Gasteiger partial charge in [0.2, 0.25) is 10.0 Å². The Morgan fingerprint density at radius 2 is 2.05 bits per heavy atom. The topological polar surface area (TPSA) is 58.2 Å². The maximum Gasteiger partial charge on any atom is 0.241 e. The third-order valence-corrected chi connectivity index (χ3v) is 6.49. The molecule has 1 saturated carbocycles. The highest BCUT2D eigenvalue weighted by Gasteiger charge is 2.23. The fourth-order valence-electron chi connectivity index (χ4n) is 2.26. The van der Waals surface area contributed by atoms with E-state index in [4.69, 9.17) is 0 Å². The van der Waals surface area contributed by atoms with Crippen molar-refractivity contribution in [3.63, 3.8) is 0 Å². The Kier molecular flexibility index (Phi) is 5.82. The lowest BCUT2D eigenvalue weighted by Gasteiger charge is -2.13. The van der Waals surface area contributed by atoms with Crippen molar-refractivity contribution in [1.82, 2.24) is 10.0 Å². The number of aryl methyl sites for hydroxylation is 1. The number of hydrogen-bond donors (Lipinski definition) is 2. The minimum atomic E-state index is -3.45. The van der Waals surface area contributed by atoms with E-state index in [1.807, 2.05) is 19.9 Å². The van der Waals surface area contributed by atoms with Gasteiger partial charge in [0.15, 0.2) is 0 Å². The van der Waals surface area contributed by atoms with E-state index >= 15 is 0 Å². The van der Waals surface area contributed by atoms with Gasteiger partial charge in [0.25, 0.3) is 0 Å². The monoisotopic (exact) mass is 374 g/mol. The van der Waals surface area contributed by atoms with E-state index in [9.17, 15) is 8.42 Å². The van der Waals surface area contributed by atoms with E-state index in [0.717, 1.165) is 30.0 Å². The van der Waals surface area contributed by atoms with Crippen molar-refractivity contribution in [3.05, 3.63) is 27.7 Å². The molecule has 1 aliphatic rings. The van der Waals surface area contributed by atoms with E-state index < -0.39 is 10.0 Å². The second-order valence-corrected chi connectivity index (χ2v) is 8.16. The molecule has 0 spiro atoms. The van der Waals surface area contributed by atoms with Crippen LogP contribution in [-0.4, -0.2) is 21.5 Å². The predicted octanol–water partition coefficient (Wildman–Crippen LogP) is 2.95. The summed E-state index contributed by atoms with van der Waals surface area (Å²) in [6.07, 6.45) is 3.41. The largest absolute Gasteiger partial charge is 0.313 e. The first-order chi connectivity index (χ1) is 9.94. The predicted molar refractivity (Wildman–Crippen MR) is 88.8 cm³/mol. The van der Waals surface area contributed by atoms with E-state index in [1.165, 1.54) is 12.8 Å². The maximum atomic E-state index is 12.5. The molecule has 0 radical (unpaired) electrons. The molecule has 1 aromatic rings. The van der Waals surface area contributed by atoms with Crippen molar-refractivity contribution >= 4 is 26.0 Å². The summed E-state index contributed by atoms with van der Waals surface area (Å²) in [7, 11) is -3.45. The first kappa shape index (κ1) is 16.9. The van der Waals surface area contributed by atoms with E-state index in [0.29, 0.717) is 22.5 Å². The molecule has 1 aliphatic carbocycles. The van der Waals surface area contributed by atoms with Crippen molar-refractivity contribution in [2.75, 3.05) is 13.1 Å². The molecule has 0 amide bonds. The second kappa shape index (κ2) is 7.22. The Bertz CT molecular complexity index is 598. The van der Waals surface area contributed by atoms with Crippen molar-refractivity contribution in [2.45, 2.75) is 44.6 Å².